The maximum absolute atomic E-state index is 13.6. The summed E-state index contributed by atoms with van der Waals surface area (Å²) in [5.41, 5.74) is 6.67. The molecule has 2 aromatic rings. The van der Waals surface area contributed by atoms with E-state index in [2.05, 4.69) is 10.5 Å². The maximum Gasteiger partial charge on any atom is 0.255 e. The van der Waals surface area contributed by atoms with Gasteiger partial charge in [-0.3, -0.25) is 10.2 Å². The number of hydrogen-bond donors (Lipinski definition) is 2. The van der Waals surface area contributed by atoms with Gasteiger partial charge in [-0.25, -0.2) is 0 Å². The summed E-state index contributed by atoms with van der Waals surface area (Å²) in [4.78, 5) is 15.4. The van der Waals surface area contributed by atoms with Crippen LogP contribution >= 0.6 is 0 Å². The molecule has 1 saturated carbocycles. The van der Waals surface area contributed by atoms with E-state index in [1.165, 1.54) is 0 Å². The molecule has 30 heavy (non-hydrogen) atoms. The summed E-state index contributed by atoms with van der Waals surface area (Å²) < 4.78 is 5.71. The first-order chi connectivity index (χ1) is 14.3. The van der Waals surface area contributed by atoms with Gasteiger partial charge in [0.25, 0.3) is 5.91 Å². The van der Waals surface area contributed by atoms with Crippen molar-refractivity contribution in [3.63, 3.8) is 0 Å². The third-order valence-electron chi connectivity index (χ3n) is 6.22. The van der Waals surface area contributed by atoms with E-state index in [4.69, 9.17) is 4.74 Å². The summed E-state index contributed by atoms with van der Waals surface area (Å²) in [7, 11) is 0. The molecular weight excluding hydrogens is 378 g/mol. The molecule has 0 saturated heterocycles. The number of hydrazone groups is 1. The van der Waals surface area contributed by atoms with Crippen LogP contribution in [0.2, 0.25) is 0 Å². The van der Waals surface area contributed by atoms with E-state index in [-0.39, 0.29) is 18.2 Å². The van der Waals surface area contributed by atoms with Crippen molar-refractivity contribution in [1.29, 1.82) is 0 Å². The van der Waals surface area contributed by atoms with Crippen molar-refractivity contribution in [3.8, 4) is 11.1 Å². The van der Waals surface area contributed by atoms with Crippen LogP contribution in [0.3, 0.4) is 0 Å². The Bertz CT molecular complexity index is 1040. The molecule has 6 nitrogen and oxygen atoms in total. The Morgan fingerprint density at radius 3 is 2.67 bits per heavy atom. The number of rotatable bonds is 5. The van der Waals surface area contributed by atoms with Crippen LogP contribution in [0.4, 0.5) is 0 Å². The minimum atomic E-state index is -0.928. The monoisotopic (exact) mass is 405 g/mol. The lowest BCUT2D eigenvalue weighted by molar-refractivity contribution is -0.0224. The second-order valence-corrected chi connectivity index (χ2v) is 9.09. The molecule has 2 atom stereocenters. The standard InChI is InChI=1S/C24H27N3O3/c1-14-25-26-22(30-14)17-7-4-6-16(12-17)19-9-5-8-18-13-27(23(28)20(18)19)21(15-10-11-15)24(2,3)29/h4-9,12,15,21-22,26,29H,10-11,13H2,1-3H3/t21-,22?/m1/s1. The largest absolute Gasteiger partial charge is 0.451 e. The number of nitrogens with one attached hydrogen (secondary N) is 1. The molecule has 3 aliphatic rings. The summed E-state index contributed by atoms with van der Waals surface area (Å²) in [5.74, 6) is 0.998. The molecule has 2 aromatic carbocycles. The highest BCUT2D eigenvalue weighted by Crippen LogP contribution is 2.44. The molecule has 2 N–H and O–H groups in total. The number of amides is 1. The first-order valence-electron chi connectivity index (χ1n) is 10.5. The summed E-state index contributed by atoms with van der Waals surface area (Å²) in [6.07, 6.45) is 1.82. The normalized spacial score (nSPS) is 21.7. The van der Waals surface area contributed by atoms with Gasteiger partial charge in [-0.05, 0) is 55.4 Å². The SMILES string of the molecule is CC1=NNC(c2cccc(-c3cccc4c3C(=O)N([C@H](C3CC3)C(C)(C)O)C4)c2)O1. The Kier molecular flexibility index (Phi) is 4.36. The first-order valence-corrected chi connectivity index (χ1v) is 10.5. The van der Waals surface area contributed by atoms with E-state index in [1.54, 1.807) is 0 Å². The highest BCUT2D eigenvalue weighted by molar-refractivity contribution is 6.04. The zero-order chi connectivity index (χ0) is 21.0. The smallest absolute Gasteiger partial charge is 0.255 e. The fraction of sp³-hybridized carbons (Fsp3) is 0.417. The number of fused-ring (bicyclic) bond motifs is 1. The van der Waals surface area contributed by atoms with Crippen LogP contribution in [0.5, 0.6) is 0 Å². The van der Waals surface area contributed by atoms with Gasteiger partial charge in [-0.15, -0.1) is 5.10 Å². The Labute approximate surface area is 176 Å². The van der Waals surface area contributed by atoms with E-state index in [1.807, 2.05) is 68.1 Å². The molecule has 1 unspecified atom stereocenters. The minimum Gasteiger partial charge on any atom is -0.451 e. The third-order valence-corrected chi connectivity index (χ3v) is 6.22. The quantitative estimate of drug-likeness (QED) is 0.793. The lowest BCUT2D eigenvalue weighted by atomic mass is 9.92. The molecule has 156 valence electrons. The van der Waals surface area contributed by atoms with Crippen molar-refractivity contribution in [2.45, 2.75) is 58.0 Å². The Morgan fingerprint density at radius 2 is 2.00 bits per heavy atom. The average molecular weight is 405 g/mol. The first kappa shape index (κ1) is 19.1. The topological polar surface area (TPSA) is 74.2 Å². The Morgan fingerprint density at radius 1 is 1.23 bits per heavy atom. The van der Waals surface area contributed by atoms with Crippen molar-refractivity contribution in [1.82, 2.24) is 10.3 Å². The molecular formula is C24H27N3O3. The molecule has 0 aromatic heterocycles. The van der Waals surface area contributed by atoms with Crippen LogP contribution in [-0.4, -0.2) is 33.5 Å². The van der Waals surface area contributed by atoms with Gasteiger partial charge in [0.1, 0.15) is 0 Å². The van der Waals surface area contributed by atoms with Crippen molar-refractivity contribution in [2.24, 2.45) is 11.0 Å². The molecule has 1 aliphatic carbocycles. The lowest BCUT2D eigenvalue weighted by Gasteiger charge is -2.37. The second kappa shape index (κ2) is 6.84. The van der Waals surface area contributed by atoms with Gasteiger partial charge in [-0.2, -0.15) is 0 Å². The summed E-state index contributed by atoms with van der Waals surface area (Å²) in [6, 6.07) is 13.9. The molecule has 2 heterocycles. The Balaban J connectivity index is 1.50. The van der Waals surface area contributed by atoms with Crippen molar-refractivity contribution >= 4 is 11.8 Å². The van der Waals surface area contributed by atoms with Gasteiger partial charge >= 0.3 is 0 Å². The van der Waals surface area contributed by atoms with Crippen LogP contribution in [0, 0.1) is 5.92 Å². The van der Waals surface area contributed by atoms with Gasteiger partial charge in [0, 0.05) is 19.0 Å². The number of ether oxygens (including phenoxy) is 1. The number of nitrogens with zero attached hydrogens (tertiary/aromatic N) is 2. The lowest BCUT2D eigenvalue weighted by Crippen LogP contribution is -2.51. The average Bonchev–Trinajstić information content (AvgIpc) is 3.35. The molecule has 1 fully saturated rings. The van der Waals surface area contributed by atoms with Crippen LogP contribution < -0.4 is 5.43 Å². The Hall–Kier alpha value is -2.86. The van der Waals surface area contributed by atoms with Crippen molar-refractivity contribution in [2.75, 3.05) is 0 Å². The second-order valence-electron chi connectivity index (χ2n) is 9.09. The van der Waals surface area contributed by atoms with Crippen LogP contribution in [0.15, 0.2) is 47.6 Å². The molecule has 0 radical (unpaired) electrons. The molecule has 0 spiro atoms. The summed E-state index contributed by atoms with van der Waals surface area (Å²) in [5, 5.41) is 14.9. The highest BCUT2D eigenvalue weighted by Gasteiger charge is 2.48. The van der Waals surface area contributed by atoms with Crippen molar-refractivity contribution in [3.05, 3.63) is 59.2 Å². The molecule has 1 amide bonds. The maximum atomic E-state index is 13.6. The van der Waals surface area contributed by atoms with E-state index in [0.29, 0.717) is 18.4 Å². The van der Waals surface area contributed by atoms with Gasteiger partial charge < -0.3 is 14.7 Å². The van der Waals surface area contributed by atoms with Crippen LogP contribution in [0.1, 0.15) is 61.3 Å². The molecule has 2 aliphatic heterocycles. The van der Waals surface area contributed by atoms with E-state index >= 15 is 0 Å². The number of benzene rings is 2. The molecule has 6 heteroatoms. The molecule has 5 rings (SSSR count). The summed E-state index contributed by atoms with van der Waals surface area (Å²) >= 11 is 0. The molecule has 0 bridgehead atoms. The predicted molar refractivity (Wildman–Crippen MR) is 115 cm³/mol. The number of carbonyl (C=O) groups is 1. The fourth-order valence-electron chi connectivity index (χ4n) is 4.86. The van der Waals surface area contributed by atoms with Gasteiger partial charge in [0.05, 0.1) is 17.2 Å². The number of aliphatic hydroxyl groups is 1. The van der Waals surface area contributed by atoms with E-state index in [0.717, 1.165) is 40.7 Å². The summed E-state index contributed by atoms with van der Waals surface area (Å²) in [6.45, 7) is 5.99. The van der Waals surface area contributed by atoms with Gasteiger partial charge in [0.15, 0.2) is 0 Å². The zero-order valence-electron chi connectivity index (χ0n) is 17.6. The number of carbonyl (C=O) groups excluding carboxylic acids is 1. The van der Waals surface area contributed by atoms with E-state index < -0.39 is 5.60 Å². The van der Waals surface area contributed by atoms with E-state index in [9.17, 15) is 9.90 Å². The van der Waals surface area contributed by atoms with Gasteiger partial charge in [-0.1, -0.05) is 36.4 Å². The number of hydrogen-bond acceptors (Lipinski definition) is 5. The highest BCUT2D eigenvalue weighted by atomic mass is 16.5. The third kappa shape index (κ3) is 3.25. The van der Waals surface area contributed by atoms with Crippen LogP contribution in [-0.2, 0) is 11.3 Å². The van der Waals surface area contributed by atoms with Gasteiger partial charge in [0.2, 0.25) is 12.1 Å². The fourth-order valence-corrected chi connectivity index (χ4v) is 4.86. The van der Waals surface area contributed by atoms with Crippen LogP contribution in [0.25, 0.3) is 11.1 Å². The minimum absolute atomic E-state index is 0.0134. The van der Waals surface area contributed by atoms with Crippen molar-refractivity contribution < 1.29 is 14.6 Å². The predicted octanol–water partition coefficient (Wildman–Crippen LogP) is 3.81. The zero-order valence-corrected chi connectivity index (χ0v) is 17.6.